The molecule has 20 heteroatoms. The van der Waals surface area contributed by atoms with E-state index in [1.54, 1.807) is 26.6 Å². The summed E-state index contributed by atoms with van der Waals surface area (Å²) in [6, 6.07) is 8.43. The first kappa shape index (κ1) is 55.3. The van der Waals surface area contributed by atoms with Gasteiger partial charge in [-0.3, -0.25) is 29.4 Å². The van der Waals surface area contributed by atoms with Crippen LogP contribution in [0.1, 0.15) is 125 Å². The number of hydrogen-bond acceptors (Lipinski definition) is 15. The maximum Gasteiger partial charge on any atom is 0.496 e. The molecule has 17 nitrogen and oxygen atoms in total. The van der Waals surface area contributed by atoms with E-state index in [-0.39, 0.29) is 72.4 Å². The minimum atomic E-state index is -1.64. The van der Waals surface area contributed by atoms with Gasteiger partial charge in [0, 0.05) is 60.8 Å². The number of halogens is 1. The van der Waals surface area contributed by atoms with Crippen molar-refractivity contribution in [3.63, 3.8) is 0 Å². The fraction of sp³-hybridized carbons (Fsp3) is 0.615. The van der Waals surface area contributed by atoms with Gasteiger partial charge < -0.3 is 33.8 Å². The summed E-state index contributed by atoms with van der Waals surface area (Å²) in [5.41, 5.74) is 3.45. The minimum Gasteiger partial charge on any atom is -0.407 e. The topological polar surface area (TPSA) is 188 Å². The normalized spacial score (nSPS) is 22.8. The van der Waals surface area contributed by atoms with Crippen molar-refractivity contribution >= 4 is 71.9 Å². The lowest BCUT2D eigenvalue weighted by Gasteiger charge is -2.38. The number of rotatable bonds is 9. The molecule has 0 bridgehead atoms. The number of carbonyl (C=O) groups excluding carboxylic acids is 2. The Morgan fingerprint density at radius 3 is 1.60 bits per heavy atom. The Morgan fingerprint density at radius 2 is 1.15 bits per heavy atom. The van der Waals surface area contributed by atoms with Crippen molar-refractivity contribution < 1.29 is 32.8 Å². The van der Waals surface area contributed by atoms with Crippen molar-refractivity contribution in [2.24, 2.45) is 0 Å². The van der Waals surface area contributed by atoms with Gasteiger partial charge in [0.1, 0.15) is 4.60 Å². The number of carbonyl (C=O) groups is 2. The van der Waals surface area contributed by atoms with E-state index in [1.807, 2.05) is 46.5 Å². The quantitative estimate of drug-likeness (QED) is 0.119. The molecular formula is C52H76BBrN10O7Si. The van der Waals surface area contributed by atoms with E-state index >= 15 is 0 Å². The van der Waals surface area contributed by atoms with Gasteiger partial charge in [-0.15, -0.1) is 0 Å². The van der Waals surface area contributed by atoms with Crippen molar-refractivity contribution in [3.8, 4) is 11.3 Å². The lowest BCUT2D eigenvalue weighted by atomic mass is 9.80. The summed E-state index contributed by atoms with van der Waals surface area (Å²) >= 11 is 3.32. The molecule has 0 aromatic carbocycles. The molecule has 2 N–H and O–H groups in total. The van der Waals surface area contributed by atoms with Gasteiger partial charge in [-0.25, -0.2) is 19.9 Å². The van der Waals surface area contributed by atoms with Gasteiger partial charge in [-0.1, -0.05) is 26.8 Å². The molecule has 0 unspecified atom stereocenters. The number of pyridine rings is 2. The van der Waals surface area contributed by atoms with Crippen LogP contribution in [-0.4, -0.2) is 120 Å². The largest absolute Gasteiger partial charge is 0.496 e. The summed E-state index contributed by atoms with van der Waals surface area (Å²) < 4.78 is 29.9. The summed E-state index contributed by atoms with van der Waals surface area (Å²) in [6.07, 6.45) is 15.3. The Balaban J connectivity index is 0.000000162. The summed E-state index contributed by atoms with van der Waals surface area (Å²) in [7, 11) is 1.49. The lowest BCUT2D eigenvalue weighted by Crippen LogP contribution is -2.49. The third-order valence-electron chi connectivity index (χ3n) is 14.3. The molecule has 390 valence electrons. The Labute approximate surface area is 436 Å². The molecule has 5 aliphatic rings. The average molecular weight is 1080 g/mol. The van der Waals surface area contributed by atoms with Gasteiger partial charge in [0.05, 0.1) is 65.9 Å². The van der Waals surface area contributed by atoms with Crippen LogP contribution in [0.2, 0.25) is 19.6 Å². The van der Waals surface area contributed by atoms with Crippen LogP contribution < -0.4 is 25.9 Å². The van der Waals surface area contributed by atoms with Crippen LogP contribution in [0, 0.1) is 0 Å². The first-order valence-electron chi connectivity index (χ1n) is 25.4. The highest BCUT2D eigenvalue weighted by atomic mass is 79.9. The molecule has 4 aromatic rings. The van der Waals surface area contributed by atoms with Crippen molar-refractivity contribution in [2.45, 2.75) is 180 Å². The third-order valence-corrected chi connectivity index (χ3v) is 15.8. The highest BCUT2D eigenvalue weighted by Gasteiger charge is 2.52. The van der Waals surface area contributed by atoms with E-state index in [0.29, 0.717) is 34.0 Å². The predicted molar refractivity (Wildman–Crippen MR) is 289 cm³/mol. The molecule has 0 radical (unpaired) electrons. The number of nitrogens with zero attached hydrogens (tertiary/aromatic N) is 8. The zero-order valence-electron chi connectivity index (χ0n) is 44.9. The highest BCUT2D eigenvalue weighted by Crippen LogP contribution is 2.38. The standard InChI is InChI=1S/C22H29N5O2.C17H30BNO3Si.C13H17BrN4O2/c1-22(2,3)18-10-5-14(11-23-18)17-12-24-20-21(26-17)27(19(28)13-25-20)15-6-8-16(29-4)9-7-15;1-15(2,22-23(7,8)9)14-11-10-13(12-19-14)18-20-16(3,4)17(5,6)21-18;1-20-9-4-2-8(3-5-9)18-11(19)7-16-12-13(18)17-10(14)6-15-12/h5,10-12,15-16H,6-9,13H2,1-4H3,(H,24,25);10-12H,1-9H3;6,8-9H,2-5,7H2,1H3,(H,15,16)/i1+1,2+1,13+1,19+1,22+1;1+1,2+1,15+1;7+1,11+1. The van der Waals surface area contributed by atoms with Crippen molar-refractivity contribution in [1.82, 2.24) is 29.9 Å². The van der Waals surface area contributed by atoms with Gasteiger partial charge in [-0.2, -0.15) is 0 Å². The number of anilines is 4. The SMILES string of the molecule is CC1(C)OB(c2ccc([13C]([13CH3])([13CH3])O[Si](C)(C)C)nc2)OC1(C)C.COC1CCC(N2c3nc(-c4ccc([13C](C)([13CH3])[13CH3])nc4)cnc3N[13CH2][13C]2=O)CC1.COC1CCC(N2c3nc(Br)cnc3N[13CH2][13C]2=O)CC1. The monoisotopic (exact) mass is 1080 g/mol. The van der Waals surface area contributed by atoms with Crippen LogP contribution in [-0.2, 0) is 43.8 Å². The molecule has 72 heavy (non-hydrogen) atoms. The first-order valence-corrected chi connectivity index (χ1v) is 29.6. The number of nitrogens with one attached hydrogen (secondary N) is 2. The molecule has 0 spiro atoms. The van der Waals surface area contributed by atoms with Crippen LogP contribution in [0.15, 0.2) is 53.7 Å². The molecule has 0 atom stereocenters. The zero-order chi connectivity index (χ0) is 52.4. The van der Waals surface area contributed by atoms with Crippen LogP contribution in [0.3, 0.4) is 0 Å². The summed E-state index contributed by atoms with van der Waals surface area (Å²) in [5.74, 6) is 2.72. The average Bonchev–Trinajstić information content (AvgIpc) is 3.56. The van der Waals surface area contributed by atoms with Crippen molar-refractivity contribution in [3.05, 3.63) is 65.0 Å². The van der Waals surface area contributed by atoms with E-state index in [4.69, 9.17) is 28.2 Å². The molecule has 3 fully saturated rings. The lowest BCUT2D eigenvalue weighted by molar-refractivity contribution is -0.118. The molecule has 2 saturated carbocycles. The van der Waals surface area contributed by atoms with Crippen LogP contribution in [0.5, 0.6) is 0 Å². The van der Waals surface area contributed by atoms with Gasteiger partial charge in [-0.05, 0) is 147 Å². The number of methoxy groups -OCH3 is 2. The molecule has 9 rings (SSSR count). The molecule has 4 aromatic heterocycles. The summed E-state index contributed by atoms with van der Waals surface area (Å²) in [6.45, 7) is 25.9. The number of fused-ring (bicyclic) bond motifs is 2. The number of hydrogen-bond donors (Lipinski definition) is 2. The zero-order valence-corrected chi connectivity index (χ0v) is 47.5. The Kier molecular flexibility index (Phi) is 17.0. The van der Waals surface area contributed by atoms with Crippen LogP contribution >= 0.6 is 15.9 Å². The van der Waals surface area contributed by atoms with E-state index in [2.05, 4.69) is 133 Å². The van der Waals surface area contributed by atoms with Gasteiger partial charge >= 0.3 is 7.12 Å². The second-order valence-electron chi connectivity index (χ2n) is 22.8. The molecule has 7 heterocycles. The third kappa shape index (κ3) is 13.1. The maximum atomic E-state index is 12.8. The molecular weight excluding hydrogens is 1010 g/mol. The predicted octanol–water partition coefficient (Wildman–Crippen LogP) is 8.97. The Bertz CT molecular complexity index is 2490. The van der Waals surface area contributed by atoms with E-state index < -0.39 is 8.32 Å². The van der Waals surface area contributed by atoms with Crippen LogP contribution in [0.25, 0.3) is 11.3 Å². The van der Waals surface area contributed by atoms with Crippen LogP contribution in [0.4, 0.5) is 23.3 Å². The Hall–Kier alpha value is -4.44. The highest BCUT2D eigenvalue weighted by molar-refractivity contribution is 9.10. The van der Waals surface area contributed by atoms with Crippen molar-refractivity contribution in [1.29, 1.82) is 0 Å². The molecule has 1 saturated heterocycles. The summed E-state index contributed by atoms with van der Waals surface area (Å²) in [5, 5.41) is 6.12. The van der Waals surface area contributed by atoms with Crippen molar-refractivity contribution in [2.75, 3.05) is 47.7 Å². The van der Waals surface area contributed by atoms with Gasteiger partial charge in [0.2, 0.25) is 11.8 Å². The summed E-state index contributed by atoms with van der Waals surface area (Å²) in [4.78, 5) is 56.0. The van der Waals surface area contributed by atoms with E-state index in [1.165, 1.54) is 0 Å². The van der Waals surface area contributed by atoms with E-state index in [0.717, 1.165) is 79.5 Å². The van der Waals surface area contributed by atoms with Gasteiger partial charge in [0.25, 0.3) is 0 Å². The molecule has 3 aliphatic heterocycles. The Morgan fingerprint density at radius 1 is 0.667 bits per heavy atom. The number of ether oxygens (including phenoxy) is 2. The fourth-order valence-corrected chi connectivity index (χ4v) is 11.6. The fourth-order valence-electron chi connectivity index (χ4n) is 9.71. The molecule has 2 amide bonds. The number of aromatic nitrogens is 6. The minimum absolute atomic E-state index is 0.00571. The second-order valence-corrected chi connectivity index (χ2v) is 28.1. The van der Waals surface area contributed by atoms with E-state index in [9.17, 15) is 9.59 Å². The maximum absolute atomic E-state index is 12.8. The van der Waals surface area contributed by atoms with Gasteiger partial charge in [0.15, 0.2) is 31.6 Å². The smallest absolute Gasteiger partial charge is 0.407 e. The number of amides is 2. The first-order chi connectivity index (χ1) is 33.8. The molecule has 2 aliphatic carbocycles. The second kappa shape index (κ2) is 22.2.